The summed E-state index contributed by atoms with van der Waals surface area (Å²) >= 11 is 0. The van der Waals surface area contributed by atoms with E-state index >= 15 is 0 Å². The molecule has 0 fully saturated rings. The van der Waals surface area contributed by atoms with E-state index in [1.807, 2.05) is 30.7 Å². The van der Waals surface area contributed by atoms with Crippen molar-refractivity contribution in [3.05, 3.63) is 234 Å². The maximum atomic E-state index is 11.2. The van der Waals surface area contributed by atoms with Crippen molar-refractivity contribution in [1.82, 2.24) is 14.9 Å². The van der Waals surface area contributed by atoms with Gasteiger partial charge in [0.15, 0.2) is 0 Å². The van der Waals surface area contributed by atoms with Crippen molar-refractivity contribution in [1.29, 1.82) is 0 Å². The molecule has 0 saturated heterocycles. The number of aliphatic hydroxyl groups is 1. The van der Waals surface area contributed by atoms with E-state index in [2.05, 4.69) is 174 Å². The molecule has 4 nitrogen and oxygen atoms in total. The summed E-state index contributed by atoms with van der Waals surface area (Å²) in [4.78, 5) is 4.78. The average molecular weight is 626 g/mol. The molecule has 0 saturated carbocycles. The molecule has 1 aromatic heterocycles. The fraction of sp³-hybridized carbons (Fsp3) is 0.114. The number of rotatable bonds is 12. The van der Waals surface area contributed by atoms with Crippen molar-refractivity contribution in [3.63, 3.8) is 0 Å². The molecule has 0 radical (unpaired) electrons. The monoisotopic (exact) mass is 625 g/mol. The molecule has 1 unspecified atom stereocenters. The third-order valence-corrected chi connectivity index (χ3v) is 9.37. The van der Waals surface area contributed by atoms with E-state index in [0.717, 1.165) is 39.1 Å². The van der Waals surface area contributed by atoms with Gasteiger partial charge in [-0.3, -0.25) is 5.32 Å². The minimum absolute atomic E-state index is 0.0750. The van der Waals surface area contributed by atoms with Crippen LogP contribution < -0.4 is 5.32 Å². The number of nitrogens with one attached hydrogen (secondary N) is 1. The Kier molecular flexibility index (Phi) is 9.10. The van der Waals surface area contributed by atoms with Crippen molar-refractivity contribution >= 4 is 0 Å². The summed E-state index contributed by atoms with van der Waals surface area (Å²) in [6, 6.07) is 63.1. The summed E-state index contributed by atoms with van der Waals surface area (Å²) in [5.74, 6) is 0. The van der Waals surface area contributed by atoms with Gasteiger partial charge >= 0.3 is 0 Å². The predicted molar refractivity (Wildman–Crippen MR) is 194 cm³/mol. The van der Waals surface area contributed by atoms with Gasteiger partial charge in [-0.2, -0.15) is 0 Å². The Hall–Kier alpha value is -5.55. The molecular weight excluding hydrogens is 587 g/mol. The van der Waals surface area contributed by atoms with E-state index in [1.54, 1.807) is 0 Å². The molecule has 7 rings (SSSR count). The quantitative estimate of drug-likeness (QED) is 0.135. The van der Waals surface area contributed by atoms with Crippen LogP contribution in [-0.2, 0) is 17.5 Å². The van der Waals surface area contributed by atoms with Gasteiger partial charge in [0, 0.05) is 24.4 Å². The van der Waals surface area contributed by atoms with Crippen molar-refractivity contribution in [2.45, 2.75) is 23.5 Å². The van der Waals surface area contributed by atoms with Gasteiger partial charge < -0.3 is 9.67 Å². The minimum Gasteiger partial charge on any atom is -0.395 e. The van der Waals surface area contributed by atoms with E-state index in [9.17, 15) is 5.11 Å². The number of imidazole rings is 1. The van der Waals surface area contributed by atoms with Gasteiger partial charge in [0.2, 0.25) is 0 Å². The summed E-state index contributed by atoms with van der Waals surface area (Å²) in [6.45, 7) is -0.0750. The number of nitrogens with zero attached hydrogens (tertiary/aromatic N) is 2. The Morgan fingerprint density at radius 1 is 0.500 bits per heavy atom. The van der Waals surface area contributed by atoms with Crippen LogP contribution in [0, 0.1) is 0 Å². The van der Waals surface area contributed by atoms with Crippen molar-refractivity contribution in [2.75, 3.05) is 6.61 Å². The molecule has 0 bridgehead atoms. The molecule has 48 heavy (non-hydrogen) atoms. The molecule has 1 heterocycles. The first kappa shape index (κ1) is 31.1. The molecule has 0 spiro atoms. The van der Waals surface area contributed by atoms with Gasteiger partial charge in [-0.15, -0.1) is 0 Å². The summed E-state index contributed by atoms with van der Waals surface area (Å²) < 4.78 is 2.30. The van der Waals surface area contributed by atoms with Crippen LogP contribution in [0.5, 0.6) is 0 Å². The van der Waals surface area contributed by atoms with Crippen LogP contribution in [0.15, 0.2) is 195 Å². The Labute approximate surface area is 283 Å². The lowest BCUT2D eigenvalue weighted by atomic mass is 9.76. The topological polar surface area (TPSA) is 50.1 Å². The first-order valence-corrected chi connectivity index (χ1v) is 16.5. The van der Waals surface area contributed by atoms with Crippen LogP contribution in [0.25, 0.3) is 0 Å². The number of hydrogen-bond donors (Lipinski definition) is 2. The van der Waals surface area contributed by atoms with E-state index in [-0.39, 0.29) is 12.6 Å². The lowest BCUT2D eigenvalue weighted by Crippen LogP contribution is -2.52. The molecule has 236 valence electrons. The summed E-state index contributed by atoms with van der Waals surface area (Å²) in [5, 5.41) is 15.2. The number of aliphatic hydroxyl groups excluding tert-OH is 1. The standard InChI is InChI=1S/C44H39N3O/c48-33-41(46-43(35-19-7-1-8-20-35,36-21-9-2-10-22-36)37-23-11-3-12-24-37)31-42-32-45-34-47(42)44(38-25-13-4-14-26-38,39-27-15-5-16-28-39)40-29-17-6-18-30-40/h1-30,32,34,41,46,48H,31,33H2. The summed E-state index contributed by atoms with van der Waals surface area (Å²) in [6.07, 6.45) is 4.41. The fourth-order valence-electron chi connectivity index (χ4n) is 7.27. The summed E-state index contributed by atoms with van der Waals surface area (Å²) in [7, 11) is 0. The smallest absolute Gasteiger partial charge is 0.121 e. The van der Waals surface area contributed by atoms with Crippen LogP contribution in [0.1, 0.15) is 39.1 Å². The van der Waals surface area contributed by atoms with E-state index in [4.69, 9.17) is 4.98 Å². The van der Waals surface area contributed by atoms with E-state index in [0.29, 0.717) is 6.42 Å². The molecule has 0 aliphatic carbocycles. The highest BCUT2D eigenvalue weighted by Gasteiger charge is 2.41. The van der Waals surface area contributed by atoms with Crippen molar-refractivity contribution in [2.24, 2.45) is 0 Å². The van der Waals surface area contributed by atoms with E-state index in [1.165, 1.54) is 0 Å². The maximum absolute atomic E-state index is 11.2. The van der Waals surface area contributed by atoms with Crippen molar-refractivity contribution < 1.29 is 5.11 Å². The molecule has 0 aliphatic rings. The number of benzene rings is 6. The fourth-order valence-corrected chi connectivity index (χ4v) is 7.27. The number of aromatic nitrogens is 2. The highest BCUT2D eigenvalue weighted by atomic mass is 16.3. The van der Waals surface area contributed by atoms with E-state index < -0.39 is 11.1 Å². The first-order valence-electron chi connectivity index (χ1n) is 16.5. The van der Waals surface area contributed by atoms with Crippen LogP contribution in [0.2, 0.25) is 0 Å². The minimum atomic E-state index is -0.725. The maximum Gasteiger partial charge on any atom is 0.121 e. The normalized spacial score (nSPS) is 12.4. The second kappa shape index (κ2) is 14.1. The largest absolute Gasteiger partial charge is 0.395 e. The predicted octanol–water partition coefficient (Wildman–Crippen LogP) is 8.21. The molecule has 0 aliphatic heterocycles. The Bertz CT molecular complexity index is 1800. The molecule has 6 aromatic carbocycles. The van der Waals surface area contributed by atoms with Gasteiger partial charge in [0.25, 0.3) is 0 Å². The van der Waals surface area contributed by atoms with Gasteiger partial charge in [0.1, 0.15) is 5.54 Å². The lowest BCUT2D eigenvalue weighted by Gasteiger charge is -2.41. The molecule has 4 heteroatoms. The first-order chi connectivity index (χ1) is 23.8. The molecule has 1 atom stereocenters. The Morgan fingerprint density at radius 2 is 0.833 bits per heavy atom. The molecule has 0 amide bonds. The van der Waals surface area contributed by atoms with Gasteiger partial charge in [0.05, 0.1) is 18.5 Å². The van der Waals surface area contributed by atoms with Crippen LogP contribution >= 0.6 is 0 Å². The zero-order valence-electron chi connectivity index (χ0n) is 26.8. The van der Waals surface area contributed by atoms with Gasteiger partial charge in [-0.25, -0.2) is 4.98 Å². The number of hydrogen-bond acceptors (Lipinski definition) is 3. The Morgan fingerprint density at radius 3 is 1.17 bits per heavy atom. The highest BCUT2D eigenvalue weighted by molar-refractivity contribution is 5.52. The third-order valence-electron chi connectivity index (χ3n) is 9.37. The average Bonchev–Trinajstić information content (AvgIpc) is 3.64. The Balaban J connectivity index is 1.39. The zero-order valence-corrected chi connectivity index (χ0v) is 26.8. The van der Waals surface area contributed by atoms with Crippen LogP contribution in [0.4, 0.5) is 0 Å². The highest BCUT2D eigenvalue weighted by Crippen LogP contribution is 2.42. The SMILES string of the molecule is OCC(Cc1cncn1C(c1ccccc1)(c1ccccc1)c1ccccc1)NC(c1ccccc1)(c1ccccc1)c1ccccc1. The summed E-state index contributed by atoms with van der Waals surface area (Å²) in [5.41, 5.74) is 6.25. The molecular formula is C44H39N3O. The van der Waals surface area contributed by atoms with Crippen LogP contribution in [-0.4, -0.2) is 27.3 Å². The van der Waals surface area contributed by atoms with Gasteiger partial charge in [-0.05, 0) is 33.4 Å². The second-order valence-corrected chi connectivity index (χ2v) is 12.1. The molecule has 7 aromatic rings. The zero-order chi connectivity index (χ0) is 32.7. The van der Waals surface area contributed by atoms with Gasteiger partial charge in [-0.1, -0.05) is 182 Å². The van der Waals surface area contributed by atoms with Crippen molar-refractivity contribution in [3.8, 4) is 0 Å². The van der Waals surface area contributed by atoms with Crippen LogP contribution in [0.3, 0.4) is 0 Å². The third kappa shape index (κ3) is 5.66. The molecule has 2 N–H and O–H groups in total. The second-order valence-electron chi connectivity index (χ2n) is 12.1. The lowest BCUT2D eigenvalue weighted by molar-refractivity contribution is 0.218.